The predicted molar refractivity (Wildman–Crippen MR) is 304 cm³/mol. The third-order valence-corrected chi connectivity index (χ3v) is 12.0. The second-order valence-electron chi connectivity index (χ2n) is 17.2. The largest absolute Gasteiger partial charge is 0.420 e. The van der Waals surface area contributed by atoms with E-state index in [0.29, 0.717) is 29.2 Å². The normalized spacial score (nSPS) is 10.3. The van der Waals surface area contributed by atoms with Crippen molar-refractivity contribution in [2.45, 2.75) is 13.1 Å². The number of halogens is 1. The highest BCUT2D eigenvalue weighted by atomic mass is 35.5. The van der Waals surface area contributed by atoms with Gasteiger partial charge in [0.2, 0.25) is 11.8 Å². The van der Waals surface area contributed by atoms with Crippen LogP contribution in [0.5, 0.6) is 11.5 Å². The van der Waals surface area contributed by atoms with Gasteiger partial charge in [0.05, 0.1) is 6.54 Å². The lowest BCUT2D eigenvalue weighted by Gasteiger charge is -2.22. The maximum atomic E-state index is 13.4. The highest BCUT2D eigenvalue weighted by Gasteiger charge is 2.19. The maximum absolute atomic E-state index is 13.4. The van der Waals surface area contributed by atoms with E-state index in [2.05, 4.69) is 57.7 Å². The van der Waals surface area contributed by atoms with Crippen molar-refractivity contribution in [1.82, 2.24) is 9.97 Å². The number of ether oxygens (including phenoxy) is 2. The number of hydrogen-bond donors (Lipinski definition) is 3. The molecule has 0 spiro atoms. The van der Waals surface area contributed by atoms with Crippen molar-refractivity contribution >= 4 is 46.3 Å². The van der Waals surface area contributed by atoms with Crippen LogP contribution in [0.1, 0.15) is 31.8 Å². The Morgan fingerprint density at radius 3 is 1.29 bits per heavy atom. The third kappa shape index (κ3) is 15.7. The molecule has 0 aliphatic heterocycles. The summed E-state index contributed by atoms with van der Waals surface area (Å²) in [6, 6.07) is 72.4. The average Bonchev–Trinajstić information content (AvgIpc) is 3.48. The standard InChI is InChI=1S/C32H25N3O3.C18H16N2.C14H10ClNO3/c33-31(36)27-11-9-24(10-12-27)25-13-15-30(16-14-25)38-32(37)35(29-7-2-1-3-8-29)22-23-5-4-6-28(21-23)26-17-19-34-20-18-26;1-2-7-18(8-3-1)20-14-15-5-4-6-17(13-15)16-9-11-19-12-10-16;15-14(18)19-12-7-5-10(6-8-12)9-1-3-11(4-2-9)13(16)17/h1-21H,22H2,(H2,33,36);1-13,20H,14H2;1-8H,(H2,16,17). The van der Waals surface area contributed by atoms with Crippen molar-refractivity contribution < 1.29 is 28.7 Å². The molecular weight excluding hydrogens is 984 g/mol. The number of para-hydroxylation sites is 2. The first-order valence-electron chi connectivity index (χ1n) is 24.2. The number of anilines is 2. The number of benzene rings is 8. The van der Waals surface area contributed by atoms with Crippen LogP contribution in [-0.2, 0) is 13.1 Å². The quantitative estimate of drug-likeness (QED) is 0.0893. The molecule has 0 aliphatic carbocycles. The van der Waals surface area contributed by atoms with E-state index < -0.39 is 23.3 Å². The number of nitrogens with zero attached hydrogens (tertiary/aromatic N) is 3. The second kappa shape index (κ2) is 26.7. The molecule has 0 saturated heterocycles. The zero-order valence-electron chi connectivity index (χ0n) is 41.5. The van der Waals surface area contributed by atoms with Crippen LogP contribution in [0, 0.1) is 0 Å². The summed E-state index contributed by atoms with van der Waals surface area (Å²) in [5.41, 5.74) is 22.8. The Kier molecular flexibility index (Phi) is 18.4. The van der Waals surface area contributed by atoms with Gasteiger partial charge in [-0.05, 0) is 165 Å². The highest BCUT2D eigenvalue weighted by Crippen LogP contribution is 2.28. The van der Waals surface area contributed by atoms with Crippen molar-refractivity contribution in [3.8, 4) is 56.0 Å². The van der Waals surface area contributed by atoms with Gasteiger partial charge in [0, 0.05) is 65.4 Å². The molecule has 0 unspecified atom stereocenters. The lowest BCUT2D eigenvalue weighted by atomic mass is 10.0. The van der Waals surface area contributed by atoms with Crippen LogP contribution in [0.4, 0.5) is 21.0 Å². The van der Waals surface area contributed by atoms with Crippen LogP contribution in [0.2, 0.25) is 0 Å². The molecule has 0 saturated carbocycles. The van der Waals surface area contributed by atoms with Gasteiger partial charge < -0.3 is 26.3 Å². The fourth-order valence-electron chi connectivity index (χ4n) is 7.94. The summed E-state index contributed by atoms with van der Waals surface area (Å²) in [5, 5.41) is 3.43. The van der Waals surface area contributed by atoms with Gasteiger partial charge in [-0.15, -0.1) is 0 Å². The Bertz CT molecular complexity index is 3520. The minimum absolute atomic E-state index is 0.339. The van der Waals surface area contributed by atoms with Crippen molar-refractivity contribution in [3.63, 3.8) is 0 Å². The number of nitrogens with two attached hydrogens (primary N) is 2. The van der Waals surface area contributed by atoms with Crippen LogP contribution in [-0.4, -0.2) is 33.3 Å². The predicted octanol–water partition coefficient (Wildman–Crippen LogP) is 14.3. The number of aromatic nitrogens is 2. The van der Waals surface area contributed by atoms with Crippen LogP contribution >= 0.6 is 11.6 Å². The molecule has 0 radical (unpaired) electrons. The molecule has 77 heavy (non-hydrogen) atoms. The Hall–Kier alpha value is -10.2. The molecule has 10 aromatic rings. The topological polar surface area (TPSA) is 180 Å². The summed E-state index contributed by atoms with van der Waals surface area (Å²) in [4.78, 5) is 56.0. The first kappa shape index (κ1) is 53.1. The molecule has 0 aliphatic rings. The minimum atomic E-state index is -0.876. The second-order valence-corrected chi connectivity index (χ2v) is 17.5. The Morgan fingerprint density at radius 2 is 0.831 bits per heavy atom. The lowest BCUT2D eigenvalue weighted by molar-refractivity contribution is 0.0992. The summed E-state index contributed by atoms with van der Waals surface area (Å²) >= 11 is 5.11. The monoisotopic (exact) mass is 1030 g/mol. The van der Waals surface area contributed by atoms with Gasteiger partial charge in [0.15, 0.2) is 0 Å². The maximum Gasteiger partial charge on any atom is 0.420 e. The fourth-order valence-corrected chi connectivity index (χ4v) is 8.03. The van der Waals surface area contributed by atoms with Crippen molar-refractivity contribution in [2.75, 3.05) is 10.2 Å². The van der Waals surface area contributed by atoms with Crippen molar-refractivity contribution in [3.05, 3.63) is 278 Å². The van der Waals surface area contributed by atoms with E-state index in [-0.39, 0.29) is 0 Å². The number of nitrogens with one attached hydrogen (secondary N) is 1. The van der Waals surface area contributed by atoms with E-state index >= 15 is 0 Å². The van der Waals surface area contributed by atoms with E-state index in [0.717, 1.165) is 56.9 Å². The minimum Gasteiger partial charge on any atom is -0.415 e. The van der Waals surface area contributed by atoms with E-state index in [9.17, 15) is 19.2 Å². The third-order valence-electron chi connectivity index (χ3n) is 11.9. The van der Waals surface area contributed by atoms with Crippen molar-refractivity contribution in [1.29, 1.82) is 0 Å². The molecule has 380 valence electrons. The number of hydrogen-bond acceptors (Lipinski definition) is 9. The molecule has 0 atom stereocenters. The van der Waals surface area contributed by atoms with Crippen LogP contribution < -0.4 is 31.2 Å². The van der Waals surface area contributed by atoms with Gasteiger partial charge in [-0.25, -0.2) is 9.59 Å². The molecule has 5 N–H and O–H groups in total. The van der Waals surface area contributed by atoms with Gasteiger partial charge >= 0.3 is 11.5 Å². The van der Waals surface area contributed by atoms with Gasteiger partial charge in [-0.2, -0.15) is 0 Å². The number of carbonyl (C=O) groups excluding carboxylic acids is 4. The molecule has 3 amide bonds. The lowest BCUT2D eigenvalue weighted by Crippen LogP contribution is -2.33. The van der Waals surface area contributed by atoms with Crippen molar-refractivity contribution in [2.24, 2.45) is 11.5 Å². The number of pyridine rings is 2. The summed E-state index contributed by atoms with van der Waals surface area (Å²) < 4.78 is 10.5. The summed E-state index contributed by atoms with van der Waals surface area (Å²) in [6.07, 6.45) is 6.69. The Balaban J connectivity index is 0.000000169. The Labute approximate surface area is 451 Å². The summed E-state index contributed by atoms with van der Waals surface area (Å²) in [6.45, 7) is 1.16. The molecule has 13 heteroatoms. The smallest absolute Gasteiger partial charge is 0.415 e. The number of carbonyl (C=O) groups is 4. The van der Waals surface area contributed by atoms with Gasteiger partial charge in [0.1, 0.15) is 11.5 Å². The number of primary amides is 2. The zero-order valence-corrected chi connectivity index (χ0v) is 42.2. The molecule has 0 fully saturated rings. The number of rotatable bonds is 14. The molecule has 0 bridgehead atoms. The van der Waals surface area contributed by atoms with Crippen LogP contribution in [0.15, 0.2) is 255 Å². The van der Waals surface area contributed by atoms with Gasteiger partial charge in [-0.1, -0.05) is 121 Å². The van der Waals surface area contributed by atoms with Gasteiger partial charge in [0.25, 0.3) is 0 Å². The molecule has 12 nitrogen and oxygen atoms in total. The zero-order chi connectivity index (χ0) is 53.8. The Morgan fingerprint density at radius 1 is 0.429 bits per heavy atom. The summed E-state index contributed by atoms with van der Waals surface area (Å²) in [7, 11) is 0. The van der Waals surface area contributed by atoms with E-state index in [1.807, 2.05) is 128 Å². The van der Waals surface area contributed by atoms with E-state index in [1.165, 1.54) is 16.7 Å². The van der Waals surface area contributed by atoms with Crippen LogP contribution in [0.25, 0.3) is 44.5 Å². The molecule has 8 aromatic carbocycles. The SMILES string of the molecule is NC(=O)c1ccc(-c2ccc(OC(=O)Cl)cc2)cc1.NC(=O)c1ccc(-c2ccc(OC(=O)N(Cc3cccc(-c4ccncc4)c3)c3ccccc3)cc2)cc1.c1ccc(NCc2cccc(-c3ccncc3)c2)cc1. The van der Waals surface area contributed by atoms with Crippen LogP contribution in [0.3, 0.4) is 0 Å². The molecule has 10 rings (SSSR count). The fraction of sp³-hybridized carbons (Fsp3) is 0.0312. The average molecular weight is 1040 g/mol. The molecular formula is C64H51ClN6O6. The molecule has 2 aromatic heterocycles. The van der Waals surface area contributed by atoms with E-state index in [1.54, 1.807) is 90.1 Å². The molecule has 2 heterocycles. The first-order chi connectivity index (χ1) is 37.5. The van der Waals surface area contributed by atoms with Gasteiger partial charge in [-0.3, -0.25) is 24.5 Å². The van der Waals surface area contributed by atoms with E-state index in [4.69, 9.17) is 32.5 Å². The highest BCUT2D eigenvalue weighted by molar-refractivity contribution is 6.61. The first-order valence-corrected chi connectivity index (χ1v) is 24.6. The summed E-state index contributed by atoms with van der Waals surface area (Å²) in [5.74, 6) is -0.127. The number of amides is 3.